The third-order valence-corrected chi connectivity index (χ3v) is 5.72. The molecule has 3 rings (SSSR count). The summed E-state index contributed by atoms with van der Waals surface area (Å²) in [5.41, 5.74) is 6.81. The van der Waals surface area contributed by atoms with Crippen LogP contribution in [0.3, 0.4) is 0 Å². The molecule has 0 saturated heterocycles. The van der Waals surface area contributed by atoms with Crippen molar-refractivity contribution in [3.63, 3.8) is 0 Å². The van der Waals surface area contributed by atoms with Gasteiger partial charge in [-0.3, -0.25) is 24.5 Å². The van der Waals surface area contributed by atoms with Gasteiger partial charge in [0.15, 0.2) is 0 Å². The largest absolute Gasteiger partial charge is 0.297 e. The zero-order valence-corrected chi connectivity index (χ0v) is 19.8. The van der Waals surface area contributed by atoms with Crippen molar-refractivity contribution in [2.75, 3.05) is 13.1 Å². The van der Waals surface area contributed by atoms with Gasteiger partial charge >= 0.3 is 0 Å². The molecule has 0 radical (unpaired) electrons. The molecule has 176 valence electrons. The summed E-state index contributed by atoms with van der Waals surface area (Å²) < 4.78 is 0. The minimum atomic E-state index is -0.640. The van der Waals surface area contributed by atoms with E-state index in [1.54, 1.807) is 5.48 Å². The first-order chi connectivity index (χ1) is 15.5. The molecule has 0 saturated carbocycles. The molecular weight excluding hydrogens is 442 g/mol. The average molecular weight is 472 g/mol. The Balaban J connectivity index is 0.00000385. The summed E-state index contributed by atoms with van der Waals surface area (Å²) in [5.74, 6) is -1.06. The quantitative estimate of drug-likeness (QED) is 0.312. The second-order valence-corrected chi connectivity index (χ2v) is 7.54. The van der Waals surface area contributed by atoms with E-state index in [-0.39, 0.29) is 30.6 Å². The van der Waals surface area contributed by atoms with Crippen LogP contribution in [0.2, 0.25) is 0 Å². The van der Waals surface area contributed by atoms with Gasteiger partial charge in [0.2, 0.25) is 0 Å². The number of carbonyl (C=O) groups excluding carboxylic acids is 2. The molecule has 3 aromatic rings. The molecule has 0 aliphatic rings. The zero-order valence-electron chi connectivity index (χ0n) is 19.0. The van der Waals surface area contributed by atoms with Crippen LogP contribution in [-0.4, -0.2) is 35.0 Å². The molecule has 0 aliphatic carbocycles. The van der Waals surface area contributed by atoms with E-state index in [1.807, 2.05) is 18.2 Å². The Morgan fingerprint density at radius 2 is 1.58 bits per heavy atom. The summed E-state index contributed by atoms with van der Waals surface area (Å²) in [5, 5.41) is 10.9. The van der Waals surface area contributed by atoms with Crippen molar-refractivity contribution in [2.24, 2.45) is 0 Å². The fourth-order valence-corrected chi connectivity index (χ4v) is 3.83. The predicted molar refractivity (Wildman–Crippen MR) is 130 cm³/mol. The highest BCUT2D eigenvalue weighted by molar-refractivity contribution is 5.97. The molecule has 0 spiro atoms. The number of nitrogens with one attached hydrogen (secondary N) is 2. The molecule has 0 aliphatic heterocycles. The highest BCUT2D eigenvalue weighted by Gasteiger charge is 2.15. The number of hydrogen-bond acceptors (Lipinski definition) is 5. The van der Waals surface area contributed by atoms with Gasteiger partial charge in [-0.2, -0.15) is 0 Å². The smallest absolute Gasteiger partial charge is 0.274 e. The van der Waals surface area contributed by atoms with Gasteiger partial charge in [0, 0.05) is 17.2 Å². The lowest BCUT2D eigenvalue weighted by molar-refractivity contribution is 0.0237. The van der Waals surface area contributed by atoms with Gasteiger partial charge in [-0.05, 0) is 72.2 Å². The Morgan fingerprint density at radius 3 is 2.18 bits per heavy atom. The van der Waals surface area contributed by atoms with Crippen LogP contribution in [0.4, 0.5) is 0 Å². The number of hydrogen-bond donors (Lipinski definition) is 3. The van der Waals surface area contributed by atoms with Crippen LogP contribution in [0.5, 0.6) is 0 Å². The normalized spacial score (nSPS) is 11.7. The van der Waals surface area contributed by atoms with Gasteiger partial charge in [-0.15, -0.1) is 12.4 Å². The molecule has 0 aromatic heterocycles. The van der Waals surface area contributed by atoms with Crippen molar-refractivity contribution in [3.05, 3.63) is 82.9 Å². The molecule has 3 aromatic carbocycles. The minimum Gasteiger partial charge on any atom is -0.297 e. The van der Waals surface area contributed by atoms with Gasteiger partial charge in [0.25, 0.3) is 11.8 Å². The summed E-state index contributed by atoms with van der Waals surface area (Å²) >= 11 is 0. The van der Waals surface area contributed by atoms with Crippen LogP contribution in [0.25, 0.3) is 10.8 Å². The highest BCUT2D eigenvalue weighted by atomic mass is 35.5. The second-order valence-electron chi connectivity index (χ2n) is 7.54. The maximum atomic E-state index is 12.4. The van der Waals surface area contributed by atoms with Gasteiger partial charge < -0.3 is 0 Å². The van der Waals surface area contributed by atoms with Crippen LogP contribution in [0.1, 0.15) is 58.7 Å². The number of nitrogens with zero attached hydrogens (tertiary/aromatic N) is 1. The minimum absolute atomic E-state index is 0. The molecule has 7 nitrogen and oxygen atoms in total. The maximum absolute atomic E-state index is 12.4. The first-order valence-corrected chi connectivity index (χ1v) is 10.7. The second kappa shape index (κ2) is 12.3. The molecule has 2 amide bonds. The van der Waals surface area contributed by atoms with E-state index in [2.05, 4.69) is 49.4 Å². The highest BCUT2D eigenvalue weighted by Crippen LogP contribution is 2.28. The number of hydroxylamine groups is 2. The molecule has 33 heavy (non-hydrogen) atoms. The van der Waals surface area contributed by atoms with E-state index in [4.69, 9.17) is 10.0 Å². The average Bonchev–Trinajstić information content (AvgIpc) is 2.84. The zero-order chi connectivity index (χ0) is 23.1. The van der Waals surface area contributed by atoms with Gasteiger partial charge in [-0.1, -0.05) is 44.2 Å². The van der Waals surface area contributed by atoms with Crippen molar-refractivity contribution < 1.29 is 19.6 Å². The van der Waals surface area contributed by atoms with Crippen LogP contribution < -0.4 is 11.0 Å². The number of benzene rings is 3. The summed E-state index contributed by atoms with van der Waals surface area (Å²) in [6.07, 6.45) is 0. The fourth-order valence-electron chi connectivity index (χ4n) is 3.83. The SMILES string of the molecule is CCN(CC)C(C)c1cc(CONC(=O)c2ccc(C(=O)NO)cc2)c2ccccc2c1.Cl. The Morgan fingerprint density at radius 1 is 0.970 bits per heavy atom. The molecule has 0 fully saturated rings. The summed E-state index contributed by atoms with van der Waals surface area (Å²) in [7, 11) is 0. The van der Waals surface area contributed by atoms with E-state index in [9.17, 15) is 9.59 Å². The number of carbonyl (C=O) groups is 2. The number of halogens is 1. The molecular formula is C25H30ClN3O4. The molecule has 1 unspecified atom stereocenters. The first kappa shape index (κ1) is 26.3. The fraction of sp³-hybridized carbons (Fsp3) is 0.280. The third kappa shape index (κ3) is 6.30. The van der Waals surface area contributed by atoms with Crippen molar-refractivity contribution in [1.82, 2.24) is 15.9 Å². The van der Waals surface area contributed by atoms with Gasteiger partial charge in [0.05, 0.1) is 0 Å². The standard InChI is InChI=1S/C25H29N3O4.ClH/c1-4-28(5-2)17(3)21-14-20-8-6-7-9-23(20)22(15-21)16-32-27-25(30)19-12-10-18(11-13-19)24(29)26-31;/h6-15,17,31H,4-5,16H2,1-3H3,(H,26,29)(H,27,30);1H. The van der Waals surface area contributed by atoms with E-state index in [0.29, 0.717) is 5.56 Å². The van der Waals surface area contributed by atoms with Crippen LogP contribution >= 0.6 is 12.4 Å². The molecule has 0 bridgehead atoms. The van der Waals surface area contributed by atoms with Gasteiger partial charge in [0.1, 0.15) is 6.61 Å². The van der Waals surface area contributed by atoms with Crippen molar-refractivity contribution >= 4 is 35.0 Å². The maximum Gasteiger partial charge on any atom is 0.274 e. The van der Waals surface area contributed by atoms with E-state index >= 15 is 0 Å². The Hall–Kier alpha value is -2.97. The predicted octanol–water partition coefficient (Wildman–Crippen LogP) is 4.65. The number of fused-ring (bicyclic) bond motifs is 1. The number of rotatable bonds is 9. The molecule has 8 heteroatoms. The van der Waals surface area contributed by atoms with E-state index in [1.165, 1.54) is 29.8 Å². The van der Waals surface area contributed by atoms with Crippen molar-refractivity contribution in [2.45, 2.75) is 33.4 Å². The van der Waals surface area contributed by atoms with E-state index < -0.39 is 11.8 Å². The molecule has 3 N–H and O–H groups in total. The summed E-state index contributed by atoms with van der Waals surface area (Å²) in [6.45, 7) is 8.66. The summed E-state index contributed by atoms with van der Waals surface area (Å²) in [6, 6.07) is 18.6. The van der Waals surface area contributed by atoms with Crippen LogP contribution in [0.15, 0.2) is 60.7 Å². The summed E-state index contributed by atoms with van der Waals surface area (Å²) in [4.78, 5) is 31.7. The Kier molecular flexibility index (Phi) is 9.81. The Bertz CT molecular complexity index is 1080. The topological polar surface area (TPSA) is 90.9 Å². The monoisotopic (exact) mass is 471 g/mol. The Labute approximate surface area is 200 Å². The van der Waals surface area contributed by atoms with E-state index in [0.717, 1.165) is 29.4 Å². The van der Waals surface area contributed by atoms with Crippen molar-refractivity contribution in [1.29, 1.82) is 0 Å². The molecule has 0 heterocycles. The third-order valence-electron chi connectivity index (χ3n) is 5.72. The lowest BCUT2D eigenvalue weighted by atomic mass is 9.97. The number of amides is 2. The molecule has 1 atom stereocenters. The lowest BCUT2D eigenvalue weighted by Crippen LogP contribution is -2.26. The lowest BCUT2D eigenvalue weighted by Gasteiger charge is -2.27. The van der Waals surface area contributed by atoms with Crippen LogP contribution in [0, 0.1) is 0 Å². The first-order valence-electron chi connectivity index (χ1n) is 10.7. The van der Waals surface area contributed by atoms with Crippen molar-refractivity contribution in [3.8, 4) is 0 Å². The van der Waals surface area contributed by atoms with Gasteiger partial charge in [-0.25, -0.2) is 11.0 Å². The van der Waals surface area contributed by atoms with Crippen LogP contribution in [-0.2, 0) is 11.4 Å².